The maximum absolute atomic E-state index is 11.2. The number of hydrazone groups is 1. The van der Waals surface area contributed by atoms with E-state index in [4.69, 9.17) is 10.00 Å². The Morgan fingerprint density at radius 3 is 3.15 bits per heavy atom. The molecule has 0 saturated heterocycles. The van der Waals surface area contributed by atoms with Crippen LogP contribution < -0.4 is 0 Å². The largest absolute Gasteiger partial charge is 0.379 e. The van der Waals surface area contributed by atoms with Crippen molar-refractivity contribution in [2.45, 2.75) is 12.8 Å². The lowest BCUT2D eigenvalue weighted by atomic mass is 10.3. The lowest BCUT2D eigenvalue weighted by molar-refractivity contribution is -0.128. The molecule has 70 valence electrons. The zero-order valence-electron chi connectivity index (χ0n) is 7.49. The van der Waals surface area contributed by atoms with Gasteiger partial charge in [0, 0.05) is 7.11 Å². The zero-order valence-corrected chi connectivity index (χ0v) is 7.49. The van der Waals surface area contributed by atoms with E-state index >= 15 is 0 Å². The third kappa shape index (κ3) is 2.53. The number of carbonyl (C=O) groups excluding carboxylic acids is 1. The van der Waals surface area contributed by atoms with E-state index in [1.807, 2.05) is 6.07 Å². The average Bonchev–Trinajstić information content (AvgIpc) is 2.44. The number of rotatable bonds is 4. The predicted molar refractivity (Wildman–Crippen MR) is 45.9 cm³/mol. The molecule has 1 heterocycles. The Bertz CT molecular complexity index is 267. The summed E-state index contributed by atoms with van der Waals surface area (Å²) in [7, 11) is 1.56. The van der Waals surface area contributed by atoms with E-state index in [1.54, 1.807) is 7.11 Å². The fourth-order valence-corrected chi connectivity index (χ4v) is 1.10. The number of nitrogens with zero attached hydrogens (tertiary/aromatic N) is 3. The minimum atomic E-state index is -0.0534. The Hall–Kier alpha value is -1.41. The van der Waals surface area contributed by atoms with Crippen LogP contribution in [0.15, 0.2) is 5.10 Å². The van der Waals surface area contributed by atoms with Crippen molar-refractivity contribution in [2.24, 2.45) is 5.10 Å². The van der Waals surface area contributed by atoms with Crippen LogP contribution >= 0.6 is 0 Å². The number of carbonyl (C=O) groups is 1. The van der Waals surface area contributed by atoms with Gasteiger partial charge in [-0.1, -0.05) is 0 Å². The Morgan fingerprint density at radius 2 is 2.54 bits per heavy atom. The Kier molecular flexibility index (Phi) is 3.41. The summed E-state index contributed by atoms with van der Waals surface area (Å²) in [5.41, 5.74) is 0.727. The monoisotopic (exact) mass is 181 g/mol. The van der Waals surface area contributed by atoms with Crippen molar-refractivity contribution in [3.05, 3.63) is 0 Å². The molecule has 0 spiro atoms. The normalized spacial score (nSPS) is 15.8. The summed E-state index contributed by atoms with van der Waals surface area (Å²) in [6.07, 6.45) is 0.634. The molecule has 0 aromatic rings. The van der Waals surface area contributed by atoms with E-state index in [9.17, 15) is 4.79 Å². The lowest BCUT2D eigenvalue weighted by Crippen LogP contribution is -2.21. The molecule has 5 nitrogen and oxygen atoms in total. The molecule has 0 aromatic carbocycles. The fourth-order valence-electron chi connectivity index (χ4n) is 1.10. The van der Waals surface area contributed by atoms with Gasteiger partial charge in [0.05, 0.1) is 37.8 Å². The van der Waals surface area contributed by atoms with E-state index in [2.05, 4.69) is 5.10 Å². The van der Waals surface area contributed by atoms with Gasteiger partial charge in [-0.15, -0.1) is 0 Å². The summed E-state index contributed by atoms with van der Waals surface area (Å²) in [5.74, 6) is -0.0534. The van der Waals surface area contributed by atoms with Gasteiger partial charge in [-0.05, 0) is 0 Å². The molecule has 1 aliphatic rings. The SMILES string of the molecule is COCC1=NN(CCC#N)C(=O)C1. The van der Waals surface area contributed by atoms with Gasteiger partial charge in [0.1, 0.15) is 0 Å². The summed E-state index contributed by atoms with van der Waals surface area (Å²) in [4.78, 5) is 11.2. The Labute approximate surface area is 76.6 Å². The molecule has 0 aliphatic carbocycles. The molecule has 0 N–H and O–H groups in total. The van der Waals surface area contributed by atoms with Gasteiger partial charge in [-0.2, -0.15) is 10.4 Å². The highest BCUT2D eigenvalue weighted by Gasteiger charge is 2.22. The molecule has 0 fully saturated rings. The van der Waals surface area contributed by atoms with Gasteiger partial charge in [0.2, 0.25) is 5.91 Å². The van der Waals surface area contributed by atoms with Gasteiger partial charge in [0.25, 0.3) is 0 Å². The number of amides is 1. The van der Waals surface area contributed by atoms with Gasteiger partial charge in [-0.3, -0.25) is 4.79 Å². The van der Waals surface area contributed by atoms with Crippen molar-refractivity contribution in [1.29, 1.82) is 5.26 Å². The lowest BCUT2D eigenvalue weighted by Gasteiger charge is -2.07. The maximum atomic E-state index is 11.2. The number of hydrogen-bond acceptors (Lipinski definition) is 4. The molecule has 0 radical (unpaired) electrons. The second-order valence-corrected chi connectivity index (χ2v) is 2.70. The summed E-state index contributed by atoms with van der Waals surface area (Å²) in [5, 5.41) is 13.7. The molecule has 1 rings (SSSR count). The van der Waals surface area contributed by atoms with Crippen LogP contribution in [0.25, 0.3) is 0 Å². The highest BCUT2D eigenvalue weighted by molar-refractivity contribution is 6.05. The van der Waals surface area contributed by atoms with E-state index in [-0.39, 0.29) is 5.91 Å². The molecule has 0 bridgehead atoms. The number of nitriles is 1. The first-order valence-electron chi connectivity index (χ1n) is 4.00. The molecule has 13 heavy (non-hydrogen) atoms. The third-order valence-electron chi connectivity index (χ3n) is 1.65. The minimum absolute atomic E-state index is 0.0534. The molecular weight excluding hydrogens is 170 g/mol. The van der Waals surface area contributed by atoms with Gasteiger partial charge in [-0.25, -0.2) is 5.01 Å². The molecular formula is C8H11N3O2. The topological polar surface area (TPSA) is 65.7 Å². The van der Waals surface area contributed by atoms with Crippen LogP contribution in [0.1, 0.15) is 12.8 Å². The van der Waals surface area contributed by atoms with Crippen molar-refractivity contribution < 1.29 is 9.53 Å². The van der Waals surface area contributed by atoms with Crippen molar-refractivity contribution in [2.75, 3.05) is 20.3 Å². The standard InChI is InChI=1S/C8H11N3O2/c1-13-6-7-5-8(12)11(10-7)4-2-3-9/h2,4-6H2,1H3. The van der Waals surface area contributed by atoms with E-state index in [0.717, 1.165) is 5.71 Å². The van der Waals surface area contributed by atoms with Crippen molar-refractivity contribution in [1.82, 2.24) is 5.01 Å². The molecule has 0 saturated carbocycles. The van der Waals surface area contributed by atoms with Crippen LogP contribution in [-0.2, 0) is 9.53 Å². The molecule has 1 aliphatic heterocycles. The smallest absolute Gasteiger partial charge is 0.248 e. The second kappa shape index (κ2) is 4.58. The minimum Gasteiger partial charge on any atom is -0.379 e. The van der Waals surface area contributed by atoms with Gasteiger partial charge in [0.15, 0.2) is 0 Å². The molecule has 0 unspecified atom stereocenters. The van der Waals surface area contributed by atoms with Crippen LogP contribution in [-0.4, -0.2) is 36.9 Å². The molecule has 0 aromatic heterocycles. The number of methoxy groups -OCH3 is 1. The van der Waals surface area contributed by atoms with Crippen LogP contribution in [0.4, 0.5) is 0 Å². The number of ether oxygens (including phenoxy) is 1. The fraction of sp³-hybridized carbons (Fsp3) is 0.625. The van der Waals surface area contributed by atoms with Gasteiger partial charge >= 0.3 is 0 Å². The quantitative estimate of drug-likeness (QED) is 0.619. The van der Waals surface area contributed by atoms with Crippen LogP contribution in [0, 0.1) is 11.3 Å². The molecule has 1 amide bonds. The second-order valence-electron chi connectivity index (χ2n) is 2.70. The number of hydrogen-bond donors (Lipinski definition) is 0. The Morgan fingerprint density at radius 1 is 1.77 bits per heavy atom. The third-order valence-corrected chi connectivity index (χ3v) is 1.65. The molecule has 0 atom stereocenters. The highest BCUT2D eigenvalue weighted by Crippen LogP contribution is 2.08. The first-order chi connectivity index (χ1) is 6.27. The summed E-state index contributed by atoms with van der Waals surface area (Å²) < 4.78 is 4.85. The van der Waals surface area contributed by atoms with E-state index in [1.165, 1.54) is 5.01 Å². The Balaban J connectivity index is 2.47. The summed E-state index contributed by atoms with van der Waals surface area (Å²) >= 11 is 0. The van der Waals surface area contributed by atoms with Crippen molar-refractivity contribution in [3.63, 3.8) is 0 Å². The van der Waals surface area contributed by atoms with Gasteiger partial charge < -0.3 is 4.74 Å². The average molecular weight is 181 g/mol. The highest BCUT2D eigenvalue weighted by atomic mass is 16.5. The van der Waals surface area contributed by atoms with Crippen LogP contribution in [0.3, 0.4) is 0 Å². The zero-order chi connectivity index (χ0) is 9.68. The predicted octanol–water partition coefficient (Wildman–Crippen LogP) is 0.135. The van der Waals surface area contributed by atoms with Crippen LogP contribution in [0.2, 0.25) is 0 Å². The maximum Gasteiger partial charge on any atom is 0.248 e. The van der Waals surface area contributed by atoms with Crippen LogP contribution in [0.5, 0.6) is 0 Å². The first kappa shape index (κ1) is 9.68. The van der Waals surface area contributed by atoms with E-state index in [0.29, 0.717) is 26.0 Å². The van der Waals surface area contributed by atoms with Crippen molar-refractivity contribution >= 4 is 11.6 Å². The summed E-state index contributed by atoms with van der Waals surface area (Å²) in [6, 6.07) is 1.97. The molecule has 5 heteroatoms. The summed E-state index contributed by atoms with van der Waals surface area (Å²) in [6.45, 7) is 0.761. The van der Waals surface area contributed by atoms with E-state index < -0.39 is 0 Å². The van der Waals surface area contributed by atoms with Crippen molar-refractivity contribution in [3.8, 4) is 6.07 Å². The first-order valence-corrected chi connectivity index (χ1v) is 4.00.